The Bertz CT molecular complexity index is 252. The average Bonchev–Trinajstić information content (AvgIpc) is 2.55. The summed E-state index contributed by atoms with van der Waals surface area (Å²) in [7, 11) is 0. The first-order valence-electron chi connectivity index (χ1n) is 7.17. The van der Waals surface area contributed by atoms with Crippen molar-refractivity contribution in [2.24, 2.45) is 11.1 Å². The molecule has 1 saturated heterocycles. The van der Waals surface area contributed by atoms with Gasteiger partial charge in [-0.15, -0.1) is 0 Å². The number of rotatable bonds is 4. The predicted molar refractivity (Wildman–Crippen MR) is 75.3 cm³/mol. The molecule has 3 N–H and O–H groups in total. The molecule has 0 aromatic heterocycles. The van der Waals surface area contributed by atoms with E-state index in [0.29, 0.717) is 6.54 Å². The Kier molecular flexibility index (Phi) is 6.09. The van der Waals surface area contributed by atoms with E-state index < -0.39 is 6.04 Å². The molecule has 0 saturated carbocycles. The highest BCUT2D eigenvalue weighted by atomic mass is 16.2. The quantitative estimate of drug-likeness (QED) is 0.797. The van der Waals surface area contributed by atoms with E-state index in [1.165, 1.54) is 38.8 Å². The maximum Gasteiger partial charge on any atom is 0.237 e. The maximum atomic E-state index is 11.8. The Balaban J connectivity index is 2.22. The minimum Gasteiger partial charge on any atom is -0.353 e. The molecule has 1 amide bonds. The van der Waals surface area contributed by atoms with E-state index >= 15 is 0 Å². The fourth-order valence-corrected chi connectivity index (χ4v) is 2.20. The Morgan fingerprint density at radius 2 is 1.78 bits per heavy atom. The van der Waals surface area contributed by atoms with E-state index in [9.17, 15) is 4.79 Å². The fraction of sp³-hybridized carbons (Fsp3) is 0.929. The molecule has 1 heterocycles. The molecule has 4 nitrogen and oxygen atoms in total. The van der Waals surface area contributed by atoms with Gasteiger partial charge in [-0.3, -0.25) is 4.79 Å². The Morgan fingerprint density at radius 3 is 2.28 bits per heavy atom. The lowest BCUT2D eigenvalue weighted by Crippen LogP contribution is -2.50. The molecule has 106 valence electrons. The highest BCUT2D eigenvalue weighted by molar-refractivity contribution is 5.82. The fourth-order valence-electron chi connectivity index (χ4n) is 2.20. The summed E-state index contributed by atoms with van der Waals surface area (Å²) in [5.41, 5.74) is 5.74. The Hall–Kier alpha value is -0.610. The standard InChI is InChI=1S/C14H29N3O/c1-14(2,3)12(15)13(18)16-8-11-17-9-6-4-5-7-10-17/h12H,4-11,15H2,1-3H3,(H,16,18). The SMILES string of the molecule is CC(C)(C)C(N)C(=O)NCCN1CCCCCC1. The van der Waals surface area contributed by atoms with Crippen molar-refractivity contribution in [1.29, 1.82) is 0 Å². The van der Waals surface area contributed by atoms with Crippen LogP contribution in [0.1, 0.15) is 46.5 Å². The van der Waals surface area contributed by atoms with Gasteiger partial charge in [-0.2, -0.15) is 0 Å². The van der Waals surface area contributed by atoms with Crippen LogP contribution in [0, 0.1) is 5.41 Å². The maximum absolute atomic E-state index is 11.8. The predicted octanol–water partition coefficient (Wildman–Crippen LogP) is 1.35. The lowest BCUT2D eigenvalue weighted by Gasteiger charge is -2.26. The zero-order valence-corrected chi connectivity index (χ0v) is 12.2. The number of nitrogens with one attached hydrogen (secondary N) is 1. The normalized spacial score (nSPS) is 20.2. The Morgan fingerprint density at radius 1 is 1.22 bits per heavy atom. The summed E-state index contributed by atoms with van der Waals surface area (Å²) >= 11 is 0. The molecule has 0 radical (unpaired) electrons. The zero-order chi connectivity index (χ0) is 13.6. The third kappa shape index (κ3) is 5.36. The summed E-state index contributed by atoms with van der Waals surface area (Å²) in [6, 6.07) is -0.429. The number of likely N-dealkylation sites (tertiary alicyclic amines) is 1. The number of hydrogen-bond donors (Lipinski definition) is 2. The largest absolute Gasteiger partial charge is 0.353 e. The van der Waals surface area contributed by atoms with Crippen molar-refractivity contribution in [2.75, 3.05) is 26.2 Å². The van der Waals surface area contributed by atoms with Gasteiger partial charge in [0.15, 0.2) is 0 Å². The summed E-state index contributed by atoms with van der Waals surface area (Å²) in [5, 5.41) is 2.95. The number of carbonyl (C=O) groups excluding carboxylic acids is 1. The highest BCUT2D eigenvalue weighted by Gasteiger charge is 2.27. The van der Waals surface area contributed by atoms with Gasteiger partial charge in [0, 0.05) is 13.1 Å². The number of nitrogens with two attached hydrogens (primary N) is 1. The van der Waals surface area contributed by atoms with Crippen molar-refractivity contribution in [3.05, 3.63) is 0 Å². The minimum atomic E-state index is -0.429. The smallest absolute Gasteiger partial charge is 0.237 e. The van der Waals surface area contributed by atoms with Crippen molar-refractivity contribution in [3.63, 3.8) is 0 Å². The number of amides is 1. The van der Waals surface area contributed by atoms with Crippen LogP contribution >= 0.6 is 0 Å². The van der Waals surface area contributed by atoms with Crippen molar-refractivity contribution in [3.8, 4) is 0 Å². The van der Waals surface area contributed by atoms with E-state index in [0.717, 1.165) is 6.54 Å². The van der Waals surface area contributed by atoms with Crippen LogP contribution in [0.15, 0.2) is 0 Å². The number of hydrogen-bond acceptors (Lipinski definition) is 3. The van der Waals surface area contributed by atoms with Gasteiger partial charge in [0.2, 0.25) is 5.91 Å². The zero-order valence-electron chi connectivity index (χ0n) is 12.2. The number of nitrogens with zero attached hydrogens (tertiary/aromatic N) is 1. The minimum absolute atomic E-state index is 0.0303. The molecule has 1 aliphatic heterocycles. The van der Waals surface area contributed by atoms with Crippen LogP contribution in [-0.2, 0) is 4.79 Å². The van der Waals surface area contributed by atoms with Gasteiger partial charge in [-0.05, 0) is 31.3 Å². The highest BCUT2D eigenvalue weighted by Crippen LogP contribution is 2.17. The monoisotopic (exact) mass is 255 g/mol. The lowest BCUT2D eigenvalue weighted by molar-refractivity contribution is -0.124. The van der Waals surface area contributed by atoms with Crippen LogP contribution in [0.2, 0.25) is 0 Å². The van der Waals surface area contributed by atoms with E-state index in [2.05, 4.69) is 10.2 Å². The third-order valence-corrected chi connectivity index (χ3v) is 3.64. The van der Waals surface area contributed by atoms with Gasteiger partial charge in [0.1, 0.15) is 0 Å². The van der Waals surface area contributed by atoms with Gasteiger partial charge in [0.25, 0.3) is 0 Å². The average molecular weight is 255 g/mol. The van der Waals surface area contributed by atoms with Gasteiger partial charge in [-0.25, -0.2) is 0 Å². The second-order valence-electron chi connectivity index (χ2n) is 6.39. The first kappa shape index (κ1) is 15.4. The second-order valence-corrected chi connectivity index (χ2v) is 6.39. The molecular weight excluding hydrogens is 226 g/mol. The van der Waals surface area contributed by atoms with Gasteiger partial charge >= 0.3 is 0 Å². The second kappa shape index (κ2) is 7.10. The molecule has 18 heavy (non-hydrogen) atoms. The molecule has 1 unspecified atom stereocenters. The van der Waals surface area contributed by atoms with Crippen LogP contribution < -0.4 is 11.1 Å². The summed E-state index contributed by atoms with van der Waals surface area (Å²) in [6.45, 7) is 9.97. The lowest BCUT2D eigenvalue weighted by atomic mass is 9.87. The van der Waals surface area contributed by atoms with E-state index in [4.69, 9.17) is 5.73 Å². The van der Waals surface area contributed by atoms with Crippen molar-refractivity contribution in [1.82, 2.24) is 10.2 Å². The molecule has 1 fully saturated rings. The topological polar surface area (TPSA) is 58.4 Å². The molecule has 0 bridgehead atoms. The van der Waals surface area contributed by atoms with E-state index in [-0.39, 0.29) is 11.3 Å². The third-order valence-electron chi connectivity index (χ3n) is 3.64. The molecular formula is C14H29N3O. The summed E-state index contributed by atoms with van der Waals surface area (Å²) in [5.74, 6) is -0.0303. The summed E-state index contributed by atoms with van der Waals surface area (Å²) in [6.07, 6.45) is 5.26. The van der Waals surface area contributed by atoms with Crippen LogP contribution in [0.25, 0.3) is 0 Å². The first-order chi connectivity index (χ1) is 8.41. The first-order valence-corrected chi connectivity index (χ1v) is 7.17. The number of carbonyl (C=O) groups is 1. The molecule has 0 aromatic carbocycles. The molecule has 0 aliphatic carbocycles. The van der Waals surface area contributed by atoms with Gasteiger partial charge in [-0.1, -0.05) is 33.6 Å². The van der Waals surface area contributed by atoms with E-state index in [1.54, 1.807) is 0 Å². The summed E-state index contributed by atoms with van der Waals surface area (Å²) in [4.78, 5) is 14.3. The molecule has 1 atom stereocenters. The summed E-state index contributed by atoms with van der Waals surface area (Å²) < 4.78 is 0. The van der Waals surface area contributed by atoms with Gasteiger partial charge in [0.05, 0.1) is 6.04 Å². The van der Waals surface area contributed by atoms with Crippen LogP contribution in [0.4, 0.5) is 0 Å². The van der Waals surface area contributed by atoms with Crippen molar-refractivity contribution < 1.29 is 4.79 Å². The molecule has 4 heteroatoms. The van der Waals surface area contributed by atoms with Crippen molar-refractivity contribution >= 4 is 5.91 Å². The molecule has 0 aromatic rings. The van der Waals surface area contributed by atoms with Crippen LogP contribution in [0.3, 0.4) is 0 Å². The van der Waals surface area contributed by atoms with Crippen LogP contribution in [0.5, 0.6) is 0 Å². The van der Waals surface area contributed by atoms with Crippen LogP contribution in [-0.4, -0.2) is 43.0 Å². The molecule has 1 rings (SSSR count). The van der Waals surface area contributed by atoms with Crippen molar-refractivity contribution in [2.45, 2.75) is 52.5 Å². The molecule has 0 spiro atoms. The molecule has 1 aliphatic rings. The van der Waals surface area contributed by atoms with E-state index in [1.807, 2.05) is 20.8 Å². The van der Waals surface area contributed by atoms with Gasteiger partial charge < -0.3 is 16.0 Å². The Labute approximate surface area is 111 Å².